The molecule has 1 aliphatic rings. The van der Waals surface area contributed by atoms with Gasteiger partial charge in [0.1, 0.15) is 5.75 Å². The van der Waals surface area contributed by atoms with E-state index in [9.17, 15) is 0 Å². The van der Waals surface area contributed by atoms with E-state index in [0.717, 1.165) is 37.9 Å². The lowest BCUT2D eigenvalue weighted by atomic mass is 10.3. The highest BCUT2D eigenvalue weighted by atomic mass is 16.5. The van der Waals surface area contributed by atoms with Crippen molar-refractivity contribution in [3.63, 3.8) is 0 Å². The van der Waals surface area contributed by atoms with E-state index in [0.29, 0.717) is 12.3 Å². The Balaban J connectivity index is 1.66. The maximum atomic E-state index is 5.83. The fourth-order valence-electron chi connectivity index (χ4n) is 2.19. The summed E-state index contributed by atoms with van der Waals surface area (Å²) in [5.74, 6) is 0.789. The minimum atomic E-state index is 0.709. The number of methoxy groups -OCH3 is 1. The number of hydrogen-bond donors (Lipinski definition) is 1. The van der Waals surface area contributed by atoms with Gasteiger partial charge in [0.15, 0.2) is 0 Å². The van der Waals surface area contributed by atoms with Gasteiger partial charge in [0, 0.05) is 26.2 Å². The van der Waals surface area contributed by atoms with Crippen LogP contribution in [0, 0.1) is 0 Å². The Morgan fingerprint density at radius 2 is 2.00 bits per heavy atom. The number of rotatable bonds is 9. The molecule has 19 heavy (non-hydrogen) atoms. The molecule has 4 heteroatoms. The normalized spacial score (nSPS) is 14.8. The van der Waals surface area contributed by atoms with Gasteiger partial charge in [-0.1, -0.05) is 12.1 Å². The summed E-state index contributed by atoms with van der Waals surface area (Å²) in [7, 11) is 1.76. The topological polar surface area (TPSA) is 47.7 Å². The van der Waals surface area contributed by atoms with Crippen LogP contribution in [0.25, 0.3) is 0 Å². The summed E-state index contributed by atoms with van der Waals surface area (Å²) in [5.41, 5.74) is 6.54. The zero-order chi connectivity index (χ0) is 13.5. The number of nitrogens with zero attached hydrogens (tertiary/aromatic N) is 1. The third kappa shape index (κ3) is 4.73. The summed E-state index contributed by atoms with van der Waals surface area (Å²) in [6, 6.07) is 8.42. The molecule has 106 valence electrons. The molecule has 0 unspecified atom stereocenters. The first-order valence-corrected chi connectivity index (χ1v) is 7.01. The molecule has 0 amide bonds. The molecule has 0 spiro atoms. The zero-order valence-electron chi connectivity index (χ0n) is 11.7. The Labute approximate surface area is 115 Å². The second-order valence-electron chi connectivity index (χ2n) is 5.00. The fourth-order valence-corrected chi connectivity index (χ4v) is 2.19. The van der Waals surface area contributed by atoms with Crippen molar-refractivity contribution >= 4 is 5.69 Å². The van der Waals surface area contributed by atoms with Crippen LogP contribution >= 0.6 is 0 Å². The summed E-state index contributed by atoms with van der Waals surface area (Å²) in [6.07, 6.45) is 3.68. The maximum Gasteiger partial charge on any atom is 0.142 e. The van der Waals surface area contributed by atoms with Gasteiger partial charge < -0.3 is 15.2 Å². The second-order valence-corrected chi connectivity index (χ2v) is 5.00. The number of nitrogens with two attached hydrogens (primary N) is 1. The van der Waals surface area contributed by atoms with E-state index in [2.05, 4.69) is 4.90 Å². The van der Waals surface area contributed by atoms with E-state index in [1.54, 1.807) is 7.11 Å². The Morgan fingerprint density at radius 3 is 2.68 bits per heavy atom. The minimum Gasteiger partial charge on any atom is -0.491 e. The van der Waals surface area contributed by atoms with Crippen molar-refractivity contribution in [2.45, 2.75) is 25.3 Å². The summed E-state index contributed by atoms with van der Waals surface area (Å²) >= 11 is 0. The first-order valence-electron chi connectivity index (χ1n) is 7.01. The molecule has 0 aliphatic heterocycles. The lowest BCUT2D eigenvalue weighted by Gasteiger charge is -2.21. The second kappa shape index (κ2) is 7.36. The predicted octanol–water partition coefficient (Wildman–Crippen LogP) is 2.15. The highest BCUT2D eigenvalue weighted by molar-refractivity contribution is 5.51. The number of para-hydroxylation sites is 2. The molecule has 0 aromatic heterocycles. The van der Waals surface area contributed by atoms with Gasteiger partial charge in [0.2, 0.25) is 0 Å². The first-order chi connectivity index (χ1) is 9.31. The lowest BCUT2D eigenvalue weighted by Crippen LogP contribution is -2.31. The van der Waals surface area contributed by atoms with Gasteiger partial charge in [-0.2, -0.15) is 0 Å². The summed E-state index contributed by atoms with van der Waals surface area (Å²) in [6.45, 7) is 3.61. The van der Waals surface area contributed by atoms with Crippen molar-refractivity contribution in [2.24, 2.45) is 0 Å². The predicted molar refractivity (Wildman–Crippen MR) is 77.4 cm³/mol. The molecule has 1 aromatic rings. The lowest BCUT2D eigenvalue weighted by molar-refractivity contribution is 0.138. The Kier molecular flexibility index (Phi) is 5.48. The van der Waals surface area contributed by atoms with Crippen LogP contribution in [0.2, 0.25) is 0 Å². The molecule has 0 bridgehead atoms. The molecule has 2 rings (SSSR count). The van der Waals surface area contributed by atoms with Gasteiger partial charge in [0.05, 0.1) is 18.9 Å². The van der Waals surface area contributed by atoms with Gasteiger partial charge in [0.25, 0.3) is 0 Å². The van der Waals surface area contributed by atoms with E-state index in [-0.39, 0.29) is 0 Å². The van der Waals surface area contributed by atoms with Crippen molar-refractivity contribution in [3.8, 4) is 5.75 Å². The summed E-state index contributed by atoms with van der Waals surface area (Å²) in [5, 5.41) is 0. The minimum absolute atomic E-state index is 0.709. The first kappa shape index (κ1) is 14.2. The number of anilines is 1. The molecule has 1 fully saturated rings. The van der Waals surface area contributed by atoms with Crippen LogP contribution in [-0.4, -0.2) is 44.4 Å². The van der Waals surface area contributed by atoms with Crippen molar-refractivity contribution in [3.05, 3.63) is 24.3 Å². The molecule has 0 radical (unpaired) electrons. The number of benzene rings is 1. The standard InChI is InChI=1S/C15H24N2O2/c1-18-12-10-17(13-7-8-13)9-4-11-19-15-6-3-2-5-14(15)16/h2-3,5-6,13H,4,7-12,16H2,1H3. The Hall–Kier alpha value is -1.26. The van der Waals surface area contributed by atoms with E-state index < -0.39 is 0 Å². The third-order valence-corrected chi connectivity index (χ3v) is 3.41. The molecule has 2 N–H and O–H groups in total. The van der Waals surface area contributed by atoms with Gasteiger partial charge in [-0.3, -0.25) is 4.90 Å². The van der Waals surface area contributed by atoms with Crippen LogP contribution in [0.4, 0.5) is 5.69 Å². The summed E-state index contributed by atoms with van der Waals surface area (Å²) < 4.78 is 10.9. The molecule has 0 saturated heterocycles. The largest absolute Gasteiger partial charge is 0.491 e. The van der Waals surface area contributed by atoms with Crippen molar-refractivity contribution < 1.29 is 9.47 Å². The van der Waals surface area contributed by atoms with Crippen LogP contribution in [0.5, 0.6) is 5.75 Å². The average molecular weight is 264 g/mol. The molecule has 1 saturated carbocycles. The van der Waals surface area contributed by atoms with Gasteiger partial charge in [-0.15, -0.1) is 0 Å². The van der Waals surface area contributed by atoms with Crippen LogP contribution in [0.3, 0.4) is 0 Å². The Bertz CT molecular complexity index is 380. The maximum absolute atomic E-state index is 5.83. The third-order valence-electron chi connectivity index (χ3n) is 3.41. The van der Waals surface area contributed by atoms with Crippen molar-refractivity contribution in [2.75, 3.05) is 39.1 Å². The molecule has 0 heterocycles. The van der Waals surface area contributed by atoms with E-state index in [1.165, 1.54) is 12.8 Å². The average Bonchev–Trinajstić information content (AvgIpc) is 3.24. The molecule has 1 aromatic carbocycles. The van der Waals surface area contributed by atoms with E-state index in [4.69, 9.17) is 15.2 Å². The van der Waals surface area contributed by atoms with E-state index >= 15 is 0 Å². The fraction of sp³-hybridized carbons (Fsp3) is 0.600. The van der Waals surface area contributed by atoms with E-state index in [1.807, 2.05) is 24.3 Å². The monoisotopic (exact) mass is 264 g/mol. The number of hydrogen-bond acceptors (Lipinski definition) is 4. The zero-order valence-corrected chi connectivity index (χ0v) is 11.7. The van der Waals surface area contributed by atoms with Crippen molar-refractivity contribution in [1.29, 1.82) is 0 Å². The number of ether oxygens (including phenoxy) is 2. The van der Waals surface area contributed by atoms with Gasteiger partial charge in [-0.25, -0.2) is 0 Å². The van der Waals surface area contributed by atoms with Crippen molar-refractivity contribution in [1.82, 2.24) is 4.90 Å². The van der Waals surface area contributed by atoms with Crippen LogP contribution in [0.1, 0.15) is 19.3 Å². The van der Waals surface area contributed by atoms with Crippen LogP contribution < -0.4 is 10.5 Å². The molecular formula is C15H24N2O2. The molecular weight excluding hydrogens is 240 g/mol. The molecule has 4 nitrogen and oxygen atoms in total. The molecule has 1 aliphatic carbocycles. The van der Waals surface area contributed by atoms with Gasteiger partial charge in [-0.05, 0) is 31.4 Å². The Morgan fingerprint density at radius 1 is 1.21 bits per heavy atom. The van der Waals surface area contributed by atoms with Crippen LogP contribution in [0.15, 0.2) is 24.3 Å². The highest BCUT2D eigenvalue weighted by Gasteiger charge is 2.27. The smallest absolute Gasteiger partial charge is 0.142 e. The summed E-state index contributed by atoms with van der Waals surface area (Å²) in [4.78, 5) is 2.50. The van der Waals surface area contributed by atoms with Gasteiger partial charge >= 0.3 is 0 Å². The number of nitrogen functional groups attached to an aromatic ring is 1. The molecule has 0 atom stereocenters. The highest BCUT2D eigenvalue weighted by Crippen LogP contribution is 2.26. The quantitative estimate of drug-likeness (QED) is 0.548. The van der Waals surface area contributed by atoms with Crippen LogP contribution in [-0.2, 0) is 4.74 Å². The SMILES string of the molecule is COCCN(CCCOc1ccccc1N)C1CC1.